The fraction of sp³-hybridized carbons (Fsp3) is 0.333. The van der Waals surface area contributed by atoms with Crippen molar-refractivity contribution in [3.63, 3.8) is 0 Å². The highest BCUT2D eigenvalue weighted by Gasteiger charge is 2.33. The molecule has 0 N–H and O–H groups in total. The number of hydrogen-bond donors (Lipinski definition) is 0. The summed E-state index contributed by atoms with van der Waals surface area (Å²) in [5.41, 5.74) is 1.07. The number of carbonyl (C=O) groups excluding carboxylic acids is 1. The molecule has 0 fully saturated rings. The van der Waals surface area contributed by atoms with E-state index < -0.39 is 0 Å². The number of rotatable bonds is 0. The van der Waals surface area contributed by atoms with Crippen LogP contribution in [-0.2, 0) is 0 Å². The molecule has 0 aliphatic carbocycles. The van der Waals surface area contributed by atoms with Crippen LogP contribution in [0.3, 0.4) is 0 Å². The molecule has 0 saturated heterocycles. The maximum atomic E-state index is 11.4. The minimum Gasteiger partial charge on any atom is -0.220 e. The molecule has 2 aliphatic heterocycles. The van der Waals surface area contributed by atoms with Crippen LogP contribution in [0.25, 0.3) is 0 Å². The summed E-state index contributed by atoms with van der Waals surface area (Å²) in [5.74, 6) is 0. The van der Waals surface area contributed by atoms with Gasteiger partial charge in [-0.1, -0.05) is 6.08 Å². The molecular weight excluding hydrogens is 152 g/mol. The second-order valence-electron chi connectivity index (χ2n) is 3.02. The van der Waals surface area contributed by atoms with Gasteiger partial charge in [-0.2, -0.15) is 9.37 Å². The van der Waals surface area contributed by atoms with Gasteiger partial charge < -0.3 is 0 Å². The van der Waals surface area contributed by atoms with Crippen LogP contribution in [0.1, 0.15) is 6.42 Å². The molecule has 2 aliphatic rings. The zero-order chi connectivity index (χ0) is 8.55. The van der Waals surface area contributed by atoms with E-state index in [1.54, 1.807) is 9.48 Å². The molecule has 0 spiro atoms. The Bertz CT molecular complexity index is 312. The lowest BCUT2D eigenvalue weighted by Crippen LogP contribution is -2.24. The summed E-state index contributed by atoms with van der Waals surface area (Å²) in [7, 11) is 1.81. The average molecular weight is 163 g/mol. The third-order valence-electron chi connectivity index (χ3n) is 2.08. The van der Waals surface area contributed by atoms with Gasteiger partial charge in [-0.05, 0) is 18.6 Å². The number of amides is 2. The summed E-state index contributed by atoms with van der Waals surface area (Å²) in [4.78, 5) is 13.1. The Hall–Kier alpha value is -1.38. The molecule has 3 nitrogen and oxygen atoms in total. The van der Waals surface area contributed by atoms with E-state index in [0.29, 0.717) is 0 Å². The van der Waals surface area contributed by atoms with Crippen LogP contribution in [0.5, 0.6) is 0 Å². The monoisotopic (exact) mass is 163 g/mol. The van der Waals surface area contributed by atoms with Crippen molar-refractivity contribution >= 4 is 11.7 Å². The Morgan fingerprint density at radius 2 is 2.33 bits per heavy atom. The van der Waals surface area contributed by atoms with Crippen molar-refractivity contribution in [2.45, 2.75) is 6.42 Å². The normalized spacial score (nSPS) is 21.8. The zero-order valence-electron chi connectivity index (χ0n) is 7.03. The van der Waals surface area contributed by atoms with E-state index in [1.165, 1.54) is 0 Å². The number of hydrogen-bond acceptors (Lipinski definition) is 1. The zero-order valence-corrected chi connectivity index (χ0v) is 7.03. The predicted octanol–water partition coefficient (Wildman–Crippen LogP) is 0.979. The highest BCUT2D eigenvalue weighted by atomic mass is 16.2. The van der Waals surface area contributed by atoms with Crippen LogP contribution in [0, 0.1) is 0 Å². The van der Waals surface area contributed by atoms with E-state index >= 15 is 0 Å². The Morgan fingerprint density at radius 1 is 1.50 bits per heavy atom. The van der Waals surface area contributed by atoms with Gasteiger partial charge in [0.05, 0.1) is 13.2 Å². The highest BCUT2D eigenvalue weighted by molar-refractivity contribution is 6.00. The van der Waals surface area contributed by atoms with Gasteiger partial charge in [0.1, 0.15) is 0 Å². The van der Waals surface area contributed by atoms with Gasteiger partial charge in [0.25, 0.3) is 0 Å². The van der Waals surface area contributed by atoms with Gasteiger partial charge in [-0.15, -0.1) is 0 Å². The first-order chi connectivity index (χ1) is 5.79. The molecule has 12 heavy (non-hydrogen) atoms. The van der Waals surface area contributed by atoms with E-state index in [2.05, 4.69) is 6.08 Å². The summed E-state index contributed by atoms with van der Waals surface area (Å²) < 4.78 is 1.70. The molecule has 0 bridgehead atoms. The van der Waals surface area contributed by atoms with Crippen LogP contribution >= 0.6 is 0 Å². The van der Waals surface area contributed by atoms with Crippen molar-refractivity contribution < 1.29 is 9.37 Å². The molecule has 0 atom stereocenters. The standard InChI is InChI=1S/C9H11N2O/c1-10-7-8-5-3-2-4-6-11(8)9(10)12/h3-6H,2,7H2,1H3/q+1. The Labute approximate surface area is 71.3 Å². The molecule has 2 amide bonds. The van der Waals surface area contributed by atoms with Crippen LogP contribution in [0.4, 0.5) is 4.79 Å². The lowest BCUT2D eigenvalue weighted by molar-refractivity contribution is -0.347. The molecule has 2 rings (SSSR count). The van der Waals surface area contributed by atoms with Gasteiger partial charge in [-0.25, -0.2) is 4.90 Å². The predicted molar refractivity (Wildman–Crippen MR) is 46.2 cm³/mol. The molecule has 3 heteroatoms. The maximum Gasteiger partial charge on any atom is 0.498 e. The number of carbonyl (C=O) groups is 1. The van der Waals surface area contributed by atoms with Gasteiger partial charge in [0.15, 0.2) is 12.3 Å². The summed E-state index contributed by atoms with van der Waals surface area (Å²) in [6.45, 7) is 0.722. The first kappa shape index (κ1) is 7.28. The maximum absolute atomic E-state index is 11.4. The van der Waals surface area contributed by atoms with Crippen LogP contribution < -0.4 is 0 Å². The smallest absolute Gasteiger partial charge is 0.220 e. The summed E-state index contributed by atoms with van der Waals surface area (Å²) in [5, 5.41) is 0. The van der Waals surface area contributed by atoms with E-state index in [-0.39, 0.29) is 6.03 Å². The Kier molecular flexibility index (Phi) is 1.57. The van der Waals surface area contributed by atoms with Crippen molar-refractivity contribution in [3.05, 3.63) is 24.4 Å². The Morgan fingerprint density at radius 3 is 3.17 bits per heavy atom. The average Bonchev–Trinajstić information content (AvgIpc) is 2.30. The van der Waals surface area contributed by atoms with Crippen LogP contribution in [0.2, 0.25) is 0 Å². The quantitative estimate of drug-likeness (QED) is 0.488. The summed E-state index contributed by atoms with van der Waals surface area (Å²) >= 11 is 0. The molecule has 0 aromatic carbocycles. The minimum atomic E-state index is 0.0628. The lowest BCUT2D eigenvalue weighted by Gasteiger charge is -1.95. The van der Waals surface area contributed by atoms with Gasteiger partial charge in [0.2, 0.25) is 0 Å². The fourth-order valence-corrected chi connectivity index (χ4v) is 1.43. The van der Waals surface area contributed by atoms with Crippen molar-refractivity contribution in [1.82, 2.24) is 4.90 Å². The largest absolute Gasteiger partial charge is 0.498 e. The molecule has 0 aromatic heterocycles. The second kappa shape index (κ2) is 2.59. The van der Waals surface area contributed by atoms with Crippen molar-refractivity contribution in [1.29, 1.82) is 0 Å². The SMILES string of the molecule is CN1CC2=[N+](C=CCC=C2)C1=O. The first-order valence-corrected chi connectivity index (χ1v) is 4.02. The molecule has 2 heterocycles. The fourth-order valence-electron chi connectivity index (χ4n) is 1.43. The lowest BCUT2D eigenvalue weighted by atomic mass is 10.3. The van der Waals surface area contributed by atoms with E-state index in [1.807, 2.05) is 25.4 Å². The first-order valence-electron chi connectivity index (χ1n) is 4.02. The molecular formula is C9H11N2O+. The van der Waals surface area contributed by atoms with Crippen LogP contribution in [-0.4, -0.2) is 34.8 Å². The second-order valence-corrected chi connectivity index (χ2v) is 3.02. The number of urea groups is 1. The van der Waals surface area contributed by atoms with Gasteiger partial charge >= 0.3 is 6.03 Å². The third kappa shape index (κ3) is 0.978. The van der Waals surface area contributed by atoms with Gasteiger partial charge in [0, 0.05) is 0 Å². The van der Waals surface area contributed by atoms with Gasteiger partial charge in [-0.3, -0.25) is 0 Å². The molecule has 0 aromatic rings. The summed E-state index contributed by atoms with van der Waals surface area (Å²) in [6, 6.07) is 0.0628. The van der Waals surface area contributed by atoms with Crippen LogP contribution in [0.15, 0.2) is 24.4 Å². The number of nitrogens with zero attached hydrogens (tertiary/aromatic N) is 2. The molecule has 0 unspecified atom stereocenters. The molecule has 0 saturated carbocycles. The highest BCUT2D eigenvalue weighted by Crippen LogP contribution is 2.07. The topological polar surface area (TPSA) is 23.3 Å². The molecule has 0 radical (unpaired) electrons. The van der Waals surface area contributed by atoms with E-state index in [4.69, 9.17) is 0 Å². The van der Waals surface area contributed by atoms with Crippen molar-refractivity contribution in [2.24, 2.45) is 0 Å². The third-order valence-corrected chi connectivity index (χ3v) is 2.08. The van der Waals surface area contributed by atoms with Crippen molar-refractivity contribution in [3.8, 4) is 0 Å². The Balaban J connectivity index is 2.41. The van der Waals surface area contributed by atoms with E-state index in [0.717, 1.165) is 18.7 Å². The molecule has 62 valence electrons. The number of allylic oxidation sites excluding steroid dienone is 2. The van der Waals surface area contributed by atoms with E-state index in [9.17, 15) is 4.79 Å². The minimum absolute atomic E-state index is 0.0628. The van der Waals surface area contributed by atoms with Crippen molar-refractivity contribution in [2.75, 3.05) is 13.6 Å². The summed E-state index contributed by atoms with van der Waals surface area (Å²) in [6.07, 6.45) is 8.83.